The molecule has 2 aromatic carbocycles. The van der Waals surface area contributed by atoms with E-state index in [1.807, 2.05) is 73.2 Å². The van der Waals surface area contributed by atoms with Gasteiger partial charge in [0.15, 0.2) is 0 Å². The summed E-state index contributed by atoms with van der Waals surface area (Å²) in [4.78, 5) is 0. The van der Waals surface area contributed by atoms with Crippen LogP contribution in [0.15, 0.2) is 70.9 Å². The van der Waals surface area contributed by atoms with Crippen molar-refractivity contribution in [3.05, 3.63) is 60.7 Å². The second-order valence-corrected chi connectivity index (χ2v) is 7.00. The second-order valence-electron chi connectivity index (χ2n) is 4.12. The molecule has 0 aliphatic carbocycles. The molecule has 0 aliphatic heterocycles. The molecule has 0 saturated carbocycles. The number of para-hydroxylation sites is 2. The van der Waals surface area contributed by atoms with Crippen LogP contribution in [0.1, 0.15) is 0 Å². The van der Waals surface area contributed by atoms with Gasteiger partial charge in [-0.25, -0.2) is 0 Å². The van der Waals surface area contributed by atoms with Crippen LogP contribution in [0.2, 0.25) is 0 Å². The summed E-state index contributed by atoms with van der Waals surface area (Å²) in [5, 5.41) is 7.91. The van der Waals surface area contributed by atoms with Crippen molar-refractivity contribution in [1.82, 2.24) is 0 Å². The van der Waals surface area contributed by atoms with Gasteiger partial charge in [0.25, 0.3) is 0 Å². The summed E-state index contributed by atoms with van der Waals surface area (Å²) in [6, 6.07) is 19.4. The van der Waals surface area contributed by atoms with Gasteiger partial charge in [-0.2, -0.15) is 10.2 Å². The number of hydrazone groups is 2. The minimum Gasteiger partial charge on any atom is -0.752 e. The zero-order valence-electron chi connectivity index (χ0n) is 14.0. The third-order valence-electron chi connectivity index (χ3n) is 2.45. The van der Waals surface area contributed by atoms with Crippen LogP contribution >= 0.6 is 23.5 Å². The average Bonchev–Trinajstić information content (AvgIpc) is 2.66. The number of nitrogens with one attached hydrogen (secondary N) is 2. The predicted molar refractivity (Wildman–Crippen MR) is 117 cm³/mol. The molecule has 0 saturated heterocycles. The van der Waals surface area contributed by atoms with E-state index in [1.54, 1.807) is 0 Å². The fraction of sp³-hybridized carbons (Fsp3) is 0.125. The fourth-order valence-electron chi connectivity index (χ4n) is 1.34. The van der Waals surface area contributed by atoms with E-state index in [0.717, 1.165) is 11.4 Å². The molecule has 0 bridgehead atoms. The van der Waals surface area contributed by atoms with Crippen molar-refractivity contribution >= 4 is 68.9 Å². The monoisotopic (exact) mass is 458 g/mol. The van der Waals surface area contributed by atoms with Gasteiger partial charge < -0.3 is 25.3 Å². The van der Waals surface area contributed by atoms with Crippen molar-refractivity contribution in [1.29, 1.82) is 0 Å². The molecule has 0 unspecified atom stereocenters. The summed E-state index contributed by atoms with van der Waals surface area (Å²) >= 11 is 12.7. The summed E-state index contributed by atoms with van der Waals surface area (Å²) in [6.45, 7) is 0. The molecule has 2 aromatic rings. The minimum atomic E-state index is 0. The molecule has 128 valence electrons. The topological polar surface area (TPSA) is 48.8 Å². The van der Waals surface area contributed by atoms with Crippen LogP contribution in [0.25, 0.3) is 0 Å². The first-order chi connectivity index (χ1) is 11.7. The molecule has 0 heterocycles. The van der Waals surface area contributed by atoms with Gasteiger partial charge in [0.05, 0.1) is 11.4 Å². The Kier molecular flexibility index (Phi) is 14.9. The van der Waals surface area contributed by atoms with Crippen LogP contribution in [0, 0.1) is 0 Å². The third kappa shape index (κ3) is 12.2. The van der Waals surface area contributed by atoms with Crippen LogP contribution < -0.4 is 10.9 Å². The van der Waals surface area contributed by atoms with Gasteiger partial charge in [-0.3, -0.25) is 10.9 Å². The summed E-state index contributed by atoms with van der Waals surface area (Å²) in [5.74, 6) is 0. The molecule has 0 amide bonds. The fourth-order valence-corrected chi connectivity index (χ4v) is 1.70. The van der Waals surface area contributed by atoms with Crippen LogP contribution in [0.3, 0.4) is 0 Å². The summed E-state index contributed by atoms with van der Waals surface area (Å²) in [6.07, 6.45) is 3.80. The first-order valence-corrected chi connectivity index (χ1v) is 10.1. The Morgan fingerprint density at radius 2 is 1.04 bits per heavy atom. The molecule has 0 spiro atoms. The third-order valence-corrected chi connectivity index (χ3v) is 4.51. The van der Waals surface area contributed by atoms with Gasteiger partial charge in [-0.15, -0.1) is 23.5 Å². The number of rotatable bonds is 4. The van der Waals surface area contributed by atoms with Crippen molar-refractivity contribution in [3.63, 3.8) is 0 Å². The molecule has 0 fully saturated rings. The van der Waals surface area contributed by atoms with Crippen molar-refractivity contribution < 1.29 is 19.5 Å². The molecular weight excluding hydrogens is 442 g/mol. The summed E-state index contributed by atoms with van der Waals surface area (Å²) < 4.78 is 1.22. The predicted octanol–water partition coefficient (Wildman–Crippen LogP) is 4.56. The number of anilines is 2. The molecule has 2 rings (SSSR count). The molecule has 9 heteroatoms. The van der Waals surface area contributed by atoms with Crippen LogP contribution in [-0.4, -0.2) is 21.3 Å². The molecule has 0 aliphatic rings. The normalized spacial score (nSPS) is 10.8. The van der Waals surface area contributed by atoms with E-state index >= 15 is 0 Å². The average molecular weight is 460 g/mol. The van der Waals surface area contributed by atoms with Crippen molar-refractivity contribution in [2.24, 2.45) is 10.2 Å². The Morgan fingerprint density at radius 1 is 0.720 bits per heavy atom. The Hall–Kier alpha value is -0.857. The Morgan fingerprint density at radius 3 is 1.32 bits per heavy atom. The second kappa shape index (κ2) is 15.4. The summed E-state index contributed by atoms with van der Waals surface area (Å²) in [5.41, 5.74) is 7.62. The van der Waals surface area contributed by atoms with Crippen molar-refractivity contribution in [3.8, 4) is 0 Å². The molecular formula is C16H18N4S4Zn. The quantitative estimate of drug-likeness (QED) is 0.230. The van der Waals surface area contributed by atoms with Gasteiger partial charge in [0, 0.05) is 0 Å². The van der Waals surface area contributed by atoms with Gasteiger partial charge in [-0.05, 0) is 45.5 Å². The van der Waals surface area contributed by atoms with E-state index in [0.29, 0.717) is 8.75 Å². The maximum absolute atomic E-state index is 4.89. The van der Waals surface area contributed by atoms with Gasteiger partial charge in [-0.1, -0.05) is 36.4 Å². The van der Waals surface area contributed by atoms with Gasteiger partial charge >= 0.3 is 19.5 Å². The Bertz CT molecular complexity index is 582. The largest absolute Gasteiger partial charge is 2.00 e. The molecule has 2 N–H and O–H groups in total. The van der Waals surface area contributed by atoms with Gasteiger partial charge in [0.1, 0.15) is 0 Å². The maximum Gasteiger partial charge on any atom is 2.00 e. The van der Waals surface area contributed by atoms with Crippen LogP contribution in [0.5, 0.6) is 0 Å². The standard InChI is InChI=1S/2C8H10N2S2.Zn/c2*1-12-8(11)10-9-7-5-3-2-4-6-7;/h2*2-6,9H,1H3,(H,10,11);/q;;+2/p-2. The van der Waals surface area contributed by atoms with Crippen molar-refractivity contribution in [2.45, 2.75) is 0 Å². The molecule has 0 radical (unpaired) electrons. The van der Waals surface area contributed by atoms with Crippen molar-refractivity contribution in [2.75, 3.05) is 23.4 Å². The van der Waals surface area contributed by atoms with E-state index in [9.17, 15) is 0 Å². The van der Waals surface area contributed by atoms with Gasteiger partial charge in [0.2, 0.25) is 0 Å². The molecule has 25 heavy (non-hydrogen) atoms. The van der Waals surface area contributed by atoms with E-state index in [2.05, 4.69) is 21.1 Å². The van der Waals surface area contributed by atoms with E-state index in [-0.39, 0.29) is 19.5 Å². The SMILES string of the molecule is CS/C([S-])=N/Nc1ccccc1.CS/C([S-])=N\Nc1ccccc1.[Zn+2]. The number of thioether (sulfide) groups is 2. The minimum absolute atomic E-state index is 0. The number of benzene rings is 2. The Labute approximate surface area is 181 Å². The smallest absolute Gasteiger partial charge is 0.752 e. The maximum atomic E-state index is 4.89. The van der Waals surface area contributed by atoms with Crippen LogP contribution in [0.4, 0.5) is 11.4 Å². The zero-order chi connectivity index (χ0) is 17.6. The first kappa shape index (κ1) is 24.1. The van der Waals surface area contributed by atoms with E-state index < -0.39 is 0 Å². The zero-order valence-corrected chi connectivity index (χ0v) is 20.2. The Balaban J connectivity index is 0.000000443. The summed E-state index contributed by atoms with van der Waals surface area (Å²) in [7, 11) is 0. The first-order valence-electron chi connectivity index (χ1n) is 6.85. The number of hydrogen-bond donors (Lipinski definition) is 2. The number of nitrogens with zero attached hydrogens (tertiary/aromatic N) is 2. The molecule has 0 atom stereocenters. The van der Waals surface area contributed by atoms with Crippen LogP contribution in [-0.2, 0) is 44.7 Å². The number of hydrogen-bond acceptors (Lipinski definition) is 8. The molecule has 4 nitrogen and oxygen atoms in total. The van der Waals surface area contributed by atoms with E-state index in [1.165, 1.54) is 23.5 Å². The van der Waals surface area contributed by atoms with E-state index in [4.69, 9.17) is 25.3 Å². The molecule has 0 aromatic heterocycles.